The molecule has 1 fully saturated rings. The average Bonchev–Trinajstić information content (AvgIpc) is 2.74. The Morgan fingerprint density at radius 3 is 2.63 bits per heavy atom. The lowest BCUT2D eigenvalue weighted by molar-refractivity contribution is -0.141. The molecule has 0 unspecified atom stereocenters. The first-order chi connectivity index (χ1) is 9.06. The Morgan fingerprint density at radius 2 is 2.05 bits per heavy atom. The number of carboxylic acid groups (broad SMARTS) is 1. The zero-order valence-electron chi connectivity index (χ0n) is 10.5. The Hall–Kier alpha value is -1.55. The Morgan fingerprint density at radius 1 is 1.37 bits per heavy atom. The van der Waals surface area contributed by atoms with E-state index in [2.05, 4.69) is 0 Å². The van der Waals surface area contributed by atoms with Crippen molar-refractivity contribution in [3.63, 3.8) is 0 Å². The van der Waals surface area contributed by atoms with Crippen LogP contribution in [0.15, 0.2) is 24.3 Å². The van der Waals surface area contributed by atoms with Crippen molar-refractivity contribution in [3.05, 3.63) is 34.9 Å². The summed E-state index contributed by atoms with van der Waals surface area (Å²) in [6, 6.07) is 7.62. The molecular weight excluding hydrogens is 266 g/mol. The molecule has 1 aromatic rings. The summed E-state index contributed by atoms with van der Waals surface area (Å²) in [6.07, 6.45) is 1.83. The Bertz CT molecular complexity index is 472. The van der Waals surface area contributed by atoms with Gasteiger partial charge < -0.3 is 10.0 Å². The quantitative estimate of drug-likeness (QED) is 0.900. The molecular formula is C14H16ClNO3. The number of aryl methyl sites for hydroxylation is 1. The summed E-state index contributed by atoms with van der Waals surface area (Å²) >= 11 is 5.81. The third-order valence-corrected chi connectivity index (χ3v) is 3.62. The number of halogens is 1. The molecule has 1 amide bonds. The van der Waals surface area contributed by atoms with Gasteiger partial charge in [-0.25, -0.2) is 0 Å². The summed E-state index contributed by atoms with van der Waals surface area (Å²) in [5.74, 6) is -1.47. The highest BCUT2D eigenvalue weighted by molar-refractivity contribution is 6.30. The van der Waals surface area contributed by atoms with Crippen molar-refractivity contribution in [2.75, 3.05) is 13.1 Å². The van der Waals surface area contributed by atoms with Crippen molar-refractivity contribution in [2.24, 2.45) is 5.92 Å². The van der Waals surface area contributed by atoms with Crippen LogP contribution in [0.3, 0.4) is 0 Å². The number of hydrogen-bond acceptors (Lipinski definition) is 2. The maximum atomic E-state index is 11.6. The maximum absolute atomic E-state index is 11.6. The number of carboxylic acids is 1. The molecule has 1 heterocycles. The molecule has 2 rings (SSSR count). The number of nitrogens with zero attached hydrogens (tertiary/aromatic N) is 1. The van der Waals surface area contributed by atoms with E-state index < -0.39 is 11.9 Å². The average molecular weight is 282 g/mol. The van der Waals surface area contributed by atoms with Gasteiger partial charge in [0.1, 0.15) is 0 Å². The topological polar surface area (TPSA) is 57.6 Å². The number of carbonyl (C=O) groups excluding carboxylic acids is 1. The predicted molar refractivity (Wildman–Crippen MR) is 72.1 cm³/mol. The van der Waals surface area contributed by atoms with E-state index in [1.54, 1.807) is 4.90 Å². The number of likely N-dealkylation sites (tertiary alicyclic amines) is 1. The van der Waals surface area contributed by atoms with Gasteiger partial charge in [0.05, 0.1) is 5.92 Å². The molecule has 102 valence electrons. The van der Waals surface area contributed by atoms with Gasteiger partial charge in [-0.2, -0.15) is 0 Å². The standard InChI is InChI=1S/C14H16ClNO3/c15-12-5-3-10(4-6-12)2-1-7-16-9-11(14(18)19)8-13(16)17/h3-6,11H,1-2,7-9H2,(H,18,19)/t11-/m1/s1. The molecule has 0 saturated carbocycles. The van der Waals surface area contributed by atoms with Crippen molar-refractivity contribution in [3.8, 4) is 0 Å². The highest BCUT2D eigenvalue weighted by Crippen LogP contribution is 2.18. The monoisotopic (exact) mass is 281 g/mol. The zero-order chi connectivity index (χ0) is 13.8. The normalized spacial score (nSPS) is 18.9. The fraction of sp³-hybridized carbons (Fsp3) is 0.429. The van der Waals surface area contributed by atoms with Crippen molar-refractivity contribution in [1.82, 2.24) is 4.90 Å². The van der Waals surface area contributed by atoms with E-state index in [0.29, 0.717) is 18.1 Å². The van der Waals surface area contributed by atoms with Gasteiger partial charge in [0, 0.05) is 24.5 Å². The van der Waals surface area contributed by atoms with Gasteiger partial charge in [0.25, 0.3) is 0 Å². The third-order valence-electron chi connectivity index (χ3n) is 3.37. The fourth-order valence-electron chi connectivity index (χ4n) is 2.28. The minimum absolute atomic E-state index is 0.0523. The first kappa shape index (κ1) is 13.9. The number of rotatable bonds is 5. The fourth-order valence-corrected chi connectivity index (χ4v) is 2.40. The van der Waals surface area contributed by atoms with Gasteiger partial charge in [-0.15, -0.1) is 0 Å². The van der Waals surface area contributed by atoms with Gasteiger partial charge >= 0.3 is 5.97 Å². The van der Waals surface area contributed by atoms with Crippen LogP contribution < -0.4 is 0 Å². The van der Waals surface area contributed by atoms with E-state index in [-0.39, 0.29) is 12.3 Å². The minimum atomic E-state index is -0.881. The lowest BCUT2D eigenvalue weighted by Gasteiger charge is -2.15. The second kappa shape index (κ2) is 6.06. The summed E-state index contributed by atoms with van der Waals surface area (Å²) < 4.78 is 0. The smallest absolute Gasteiger partial charge is 0.308 e. The lowest BCUT2D eigenvalue weighted by atomic mass is 10.1. The number of carbonyl (C=O) groups is 2. The zero-order valence-corrected chi connectivity index (χ0v) is 11.3. The van der Waals surface area contributed by atoms with Crippen LogP contribution in [0, 0.1) is 5.92 Å². The molecule has 1 aromatic carbocycles. The third kappa shape index (κ3) is 3.70. The molecule has 0 aliphatic carbocycles. The maximum Gasteiger partial charge on any atom is 0.308 e. The number of aliphatic carboxylic acids is 1. The van der Waals surface area contributed by atoms with Crippen LogP contribution in [0.2, 0.25) is 5.02 Å². The van der Waals surface area contributed by atoms with Crippen LogP contribution in [0.4, 0.5) is 0 Å². The molecule has 0 radical (unpaired) electrons. The highest BCUT2D eigenvalue weighted by Gasteiger charge is 2.33. The number of amides is 1. The van der Waals surface area contributed by atoms with Crippen LogP contribution in [-0.4, -0.2) is 35.0 Å². The van der Waals surface area contributed by atoms with Gasteiger partial charge in [-0.1, -0.05) is 23.7 Å². The number of benzene rings is 1. The Kier molecular flexibility index (Phi) is 4.43. The first-order valence-electron chi connectivity index (χ1n) is 6.31. The molecule has 4 nitrogen and oxygen atoms in total. The van der Waals surface area contributed by atoms with E-state index in [0.717, 1.165) is 12.8 Å². The molecule has 1 aliphatic rings. The van der Waals surface area contributed by atoms with Crippen molar-refractivity contribution >= 4 is 23.5 Å². The van der Waals surface area contributed by atoms with Gasteiger partial charge in [-0.3, -0.25) is 9.59 Å². The lowest BCUT2D eigenvalue weighted by Crippen LogP contribution is -2.27. The van der Waals surface area contributed by atoms with Crippen LogP contribution in [-0.2, 0) is 16.0 Å². The van der Waals surface area contributed by atoms with E-state index in [4.69, 9.17) is 16.7 Å². The number of hydrogen-bond donors (Lipinski definition) is 1. The Labute approximate surface area is 117 Å². The predicted octanol–water partition coefficient (Wildman–Crippen LogP) is 2.21. The molecule has 1 aliphatic heterocycles. The molecule has 19 heavy (non-hydrogen) atoms. The van der Waals surface area contributed by atoms with Gasteiger partial charge in [0.15, 0.2) is 0 Å². The van der Waals surface area contributed by atoms with Gasteiger partial charge in [-0.05, 0) is 30.5 Å². The van der Waals surface area contributed by atoms with Crippen LogP contribution in [0.1, 0.15) is 18.4 Å². The van der Waals surface area contributed by atoms with E-state index in [1.165, 1.54) is 5.56 Å². The SMILES string of the molecule is O=C(O)[C@@H]1CC(=O)N(CCCc2ccc(Cl)cc2)C1. The van der Waals surface area contributed by atoms with E-state index in [1.807, 2.05) is 24.3 Å². The molecule has 1 N–H and O–H groups in total. The molecule has 0 bridgehead atoms. The second-order valence-electron chi connectivity index (χ2n) is 4.81. The largest absolute Gasteiger partial charge is 0.481 e. The van der Waals surface area contributed by atoms with Gasteiger partial charge in [0.2, 0.25) is 5.91 Å². The van der Waals surface area contributed by atoms with Crippen LogP contribution >= 0.6 is 11.6 Å². The summed E-state index contributed by atoms with van der Waals surface area (Å²) in [4.78, 5) is 24.1. The summed E-state index contributed by atoms with van der Waals surface area (Å²) in [7, 11) is 0. The Balaban J connectivity index is 1.78. The summed E-state index contributed by atoms with van der Waals surface area (Å²) in [5.41, 5.74) is 1.17. The highest BCUT2D eigenvalue weighted by atomic mass is 35.5. The van der Waals surface area contributed by atoms with E-state index in [9.17, 15) is 9.59 Å². The van der Waals surface area contributed by atoms with Crippen LogP contribution in [0.25, 0.3) is 0 Å². The summed E-state index contributed by atoms with van der Waals surface area (Å²) in [5, 5.41) is 9.60. The molecule has 5 heteroatoms. The van der Waals surface area contributed by atoms with Crippen molar-refractivity contribution < 1.29 is 14.7 Å². The van der Waals surface area contributed by atoms with Crippen LogP contribution in [0.5, 0.6) is 0 Å². The first-order valence-corrected chi connectivity index (χ1v) is 6.69. The molecule has 1 atom stereocenters. The molecule has 0 aromatic heterocycles. The second-order valence-corrected chi connectivity index (χ2v) is 5.25. The van der Waals surface area contributed by atoms with E-state index >= 15 is 0 Å². The molecule has 0 spiro atoms. The summed E-state index contributed by atoms with van der Waals surface area (Å²) in [6.45, 7) is 0.958. The minimum Gasteiger partial charge on any atom is -0.481 e. The van der Waals surface area contributed by atoms with Crippen molar-refractivity contribution in [1.29, 1.82) is 0 Å². The van der Waals surface area contributed by atoms with Crippen molar-refractivity contribution in [2.45, 2.75) is 19.3 Å². The molecule has 1 saturated heterocycles.